The number of aromatic carboxylic acids is 1. The first-order valence-corrected chi connectivity index (χ1v) is 5.26. The Bertz CT molecular complexity index is 544. The van der Waals surface area contributed by atoms with Crippen molar-refractivity contribution in [3.05, 3.63) is 47.9 Å². The second kappa shape index (κ2) is 5.27. The molecule has 0 spiro atoms. The second-order valence-electron chi connectivity index (χ2n) is 3.49. The lowest BCUT2D eigenvalue weighted by Gasteiger charge is -2.08. The number of benzene rings is 1. The maximum Gasteiger partial charge on any atom is 0.161 e. The van der Waals surface area contributed by atoms with E-state index in [0.717, 1.165) is 0 Å². The fourth-order valence-corrected chi connectivity index (χ4v) is 1.45. The van der Waals surface area contributed by atoms with Crippen molar-refractivity contribution in [2.24, 2.45) is 0 Å². The van der Waals surface area contributed by atoms with Gasteiger partial charge >= 0.3 is 0 Å². The van der Waals surface area contributed by atoms with Gasteiger partial charge < -0.3 is 23.8 Å². The molecular weight excluding hydrogens is 236 g/mol. The number of rotatable bonds is 5. The Hall–Kier alpha value is -2.43. The van der Waals surface area contributed by atoms with E-state index in [-0.39, 0.29) is 12.4 Å². The summed E-state index contributed by atoms with van der Waals surface area (Å²) in [6.07, 6.45) is 0. The summed E-state index contributed by atoms with van der Waals surface area (Å²) < 4.78 is 15.6. The summed E-state index contributed by atoms with van der Waals surface area (Å²) >= 11 is 0. The zero-order valence-corrected chi connectivity index (χ0v) is 9.71. The van der Waals surface area contributed by atoms with Gasteiger partial charge in [-0.05, 0) is 24.3 Å². The molecule has 0 radical (unpaired) electrons. The Morgan fingerprint density at radius 2 is 1.94 bits per heavy atom. The monoisotopic (exact) mass is 247 g/mol. The third-order valence-electron chi connectivity index (χ3n) is 2.30. The maximum absolute atomic E-state index is 10.5. The van der Waals surface area contributed by atoms with Gasteiger partial charge in [-0.15, -0.1) is 0 Å². The summed E-state index contributed by atoms with van der Waals surface area (Å²) in [4.78, 5) is 10.5. The Morgan fingerprint density at radius 3 is 2.56 bits per heavy atom. The van der Waals surface area contributed by atoms with Gasteiger partial charge in [0.15, 0.2) is 11.5 Å². The molecule has 0 saturated carbocycles. The summed E-state index contributed by atoms with van der Waals surface area (Å²) in [7, 11) is 1.54. The van der Waals surface area contributed by atoms with Gasteiger partial charge in [0.05, 0.1) is 7.11 Å². The number of hydrogen-bond acceptors (Lipinski definition) is 5. The van der Waals surface area contributed by atoms with E-state index in [0.29, 0.717) is 17.3 Å². The van der Waals surface area contributed by atoms with E-state index in [1.54, 1.807) is 19.2 Å². The standard InChI is InChI=1S/C13H12O5/c1-16-10-4-2-3-5-11(10)17-8-9-6-7-12(18-9)13(14)15/h2-7H,8H2,1H3,(H,14,15)/p-1. The van der Waals surface area contributed by atoms with E-state index in [4.69, 9.17) is 13.9 Å². The molecule has 0 aliphatic carbocycles. The van der Waals surface area contributed by atoms with Gasteiger partial charge in [-0.3, -0.25) is 0 Å². The highest BCUT2D eigenvalue weighted by Crippen LogP contribution is 2.26. The van der Waals surface area contributed by atoms with Gasteiger partial charge in [-0.2, -0.15) is 0 Å². The minimum atomic E-state index is -1.35. The average molecular weight is 247 g/mol. The lowest BCUT2D eigenvalue weighted by Crippen LogP contribution is -2.21. The Kier molecular flexibility index (Phi) is 3.52. The van der Waals surface area contributed by atoms with E-state index in [1.165, 1.54) is 12.1 Å². The van der Waals surface area contributed by atoms with Crippen LogP contribution >= 0.6 is 0 Å². The second-order valence-corrected chi connectivity index (χ2v) is 3.49. The molecule has 1 aromatic heterocycles. The molecule has 0 fully saturated rings. The summed E-state index contributed by atoms with van der Waals surface area (Å²) in [5.41, 5.74) is 0. The van der Waals surface area contributed by atoms with E-state index in [9.17, 15) is 9.90 Å². The zero-order chi connectivity index (χ0) is 13.0. The first kappa shape index (κ1) is 12.0. The van der Waals surface area contributed by atoms with Gasteiger partial charge in [0.2, 0.25) is 0 Å². The molecule has 0 aliphatic heterocycles. The summed E-state index contributed by atoms with van der Waals surface area (Å²) in [5.74, 6) is 0.00264. The van der Waals surface area contributed by atoms with E-state index in [2.05, 4.69) is 0 Å². The molecule has 94 valence electrons. The van der Waals surface area contributed by atoms with E-state index in [1.807, 2.05) is 12.1 Å². The molecule has 5 heteroatoms. The molecule has 0 unspecified atom stereocenters. The normalized spacial score (nSPS) is 10.1. The van der Waals surface area contributed by atoms with Crippen LogP contribution in [0.4, 0.5) is 0 Å². The molecular formula is C13H11O5-. The molecule has 18 heavy (non-hydrogen) atoms. The molecule has 2 aromatic rings. The van der Waals surface area contributed by atoms with Crippen molar-refractivity contribution in [2.75, 3.05) is 7.11 Å². The maximum atomic E-state index is 10.5. The Labute approximate surface area is 104 Å². The lowest BCUT2D eigenvalue weighted by molar-refractivity contribution is -0.257. The number of ether oxygens (including phenoxy) is 2. The lowest BCUT2D eigenvalue weighted by atomic mass is 10.3. The highest BCUT2D eigenvalue weighted by Gasteiger charge is 2.06. The molecule has 0 bridgehead atoms. The number of hydrogen-bond donors (Lipinski definition) is 0. The number of carboxylic acid groups (broad SMARTS) is 1. The average Bonchev–Trinajstić information content (AvgIpc) is 2.85. The van der Waals surface area contributed by atoms with Gasteiger partial charge in [0, 0.05) is 0 Å². The van der Waals surface area contributed by atoms with E-state index < -0.39 is 5.97 Å². The van der Waals surface area contributed by atoms with Gasteiger partial charge in [0.1, 0.15) is 24.1 Å². The summed E-state index contributed by atoms with van der Waals surface area (Å²) in [5, 5.41) is 10.5. The predicted octanol–water partition coefficient (Wildman–Crippen LogP) is 1.23. The third kappa shape index (κ3) is 2.63. The van der Waals surface area contributed by atoms with Crippen LogP contribution in [0.1, 0.15) is 16.3 Å². The quantitative estimate of drug-likeness (QED) is 0.794. The highest BCUT2D eigenvalue weighted by molar-refractivity contribution is 5.82. The van der Waals surface area contributed by atoms with E-state index >= 15 is 0 Å². The molecule has 2 rings (SSSR count). The SMILES string of the molecule is COc1ccccc1OCc1ccc(C(=O)[O-])o1. The van der Waals surface area contributed by atoms with Gasteiger partial charge in [0.25, 0.3) is 0 Å². The molecule has 5 nitrogen and oxygen atoms in total. The van der Waals surface area contributed by atoms with Crippen LogP contribution in [0.2, 0.25) is 0 Å². The Morgan fingerprint density at radius 1 is 1.22 bits per heavy atom. The number of carboxylic acids is 1. The predicted molar refractivity (Wildman–Crippen MR) is 60.4 cm³/mol. The van der Waals surface area contributed by atoms with Crippen LogP contribution in [0.5, 0.6) is 11.5 Å². The minimum Gasteiger partial charge on any atom is -0.542 e. The fraction of sp³-hybridized carbons (Fsp3) is 0.154. The van der Waals surface area contributed by atoms with Crippen molar-refractivity contribution in [1.29, 1.82) is 0 Å². The first-order valence-electron chi connectivity index (χ1n) is 5.26. The van der Waals surface area contributed by atoms with Crippen LogP contribution in [0.3, 0.4) is 0 Å². The zero-order valence-electron chi connectivity index (χ0n) is 9.71. The smallest absolute Gasteiger partial charge is 0.161 e. The molecule has 0 amide bonds. The molecule has 0 aliphatic rings. The number of furan rings is 1. The molecule has 1 heterocycles. The van der Waals surface area contributed by atoms with Crippen molar-refractivity contribution >= 4 is 5.97 Å². The number of carbonyl (C=O) groups excluding carboxylic acids is 1. The third-order valence-corrected chi connectivity index (χ3v) is 2.30. The van der Waals surface area contributed by atoms with Crippen LogP contribution < -0.4 is 14.6 Å². The topological polar surface area (TPSA) is 71.7 Å². The van der Waals surface area contributed by atoms with Crippen LogP contribution in [0.15, 0.2) is 40.8 Å². The van der Waals surface area contributed by atoms with Crippen LogP contribution in [-0.4, -0.2) is 13.1 Å². The van der Waals surface area contributed by atoms with Crippen LogP contribution in [-0.2, 0) is 6.61 Å². The van der Waals surface area contributed by atoms with Crippen molar-refractivity contribution in [3.63, 3.8) is 0 Å². The molecule has 0 atom stereocenters. The molecule has 0 saturated heterocycles. The highest BCUT2D eigenvalue weighted by atomic mass is 16.5. The van der Waals surface area contributed by atoms with Crippen molar-refractivity contribution in [1.82, 2.24) is 0 Å². The largest absolute Gasteiger partial charge is 0.542 e. The van der Waals surface area contributed by atoms with Crippen molar-refractivity contribution in [3.8, 4) is 11.5 Å². The Balaban J connectivity index is 2.04. The number of methoxy groups -OCH3 is 1. The first-order chi connectivity index (χ1) is 8.70. The molecule has 1 aromatic carbocycles. The number of carbonyl (C=O) groups is 1. The molecule has 0 N–H and O–H groups in total. The number of para-hydroxylation sites is 2. The van der Waals surface area contributed by atoms with Crippen molar-refractivity contribution < 1.29 is 23.8 Å². The van der Waals surface area contributed by atoms with Crippen molar-refractivity contribution in [2.45, 2.75) is 6.61 Å². The van der Waals surface area contributed by atoms with Crippen LogP contribution in [0, 0.1) is 0 Å². The van der Waals surface area contributed by atoms with Crippen LogP contribution in [0.25, 0.3) is 0 Å². The van der Waals surface area contributed by atoms with Gasteiger partial charge in [-0.1, -0.05) is 12.1 Å². The summed E-state index contributed by atoms with van der Waals surface area (Å²) in [6.45, 7) is 0.119. The van der Waals surface area contributed by atoms with Gasteiger partial charge in [-0.25, -0.2) is 0 Å². The minimum absolute atomic E-state index is 0.119. The summed E-state index contributed by atoms with van der Waals surface area (Å²) in [6, 6.07) is 10.0. The fourth-order valence-electron chi connectivity index (χ4n) is 1.45.